The zero-order chi connectivity index (χ0) is 29.3. The fourth-order valence-electron chi connectivity index (χ4n) is 3.02. The van der Waals surface area contributed by atoms with Crippen LogP contribution in [0.1, 0.15) is 48.8 Å². The topological polar surface area (TPSA) is 44.8 Å². The van der Waals surface area contributed by atoms with Crippen LogP contribution in [0, 0.1) is 11.7 Å². The maximum atomic E-state index is 14.1. The molecule has 2 amide bonds. The van der Waals surface area contributed by atoms with Crippen molar-refractivity contribution in [2.45, 2.75) is 45.8 Å². The molecule has 0 atom stereocenters. The maximum Gasteiger partial charge on any atom is 0.318 e. The van der Waals surface area contributed by atoms with Gasteiger partial charge in [0.1, 0.15) is 11.6 Å². The number of urea groups is 1. The highest BCUT2D eigenvalue weighted by Crippen LogP contribution is 2.19. The molecule has 0 unspecified atom stereocenters. The Morgan fingerprint density at radius 2 is 1.87 bits per heavy atom. The van der Waals surface area contributed by atoms with Crippen molar-refractivity contribution in [3.8, 4) is 5.75 Å². The van der Waals surface area contributed by atoms with Crippen LogP contribution in [0.15, 0.2) is 48.4 Å². The van der Waals surface area contributed by atoms with Gasteiger partial charge in [-0.1, -0.05) is 38.1 Å². The van der Waals surface area contributed by atoms with E-state index in [0.717, 1.165) is 15.4 Å². The molecule has 0 bridgehead atoms. The van der Waals surface area contributed by atoms with Gasteiger partial charge in [0.2, 0.25) is 0 Å². The quantitative estimate of drug-likeness (QED) is 0.656. The molecule has 1 heterocycles. The Bertz CT molecular complexity index is 1150. The van der Waals surface area contributed by atoms with Crippen molar-refractivity contribution in [1.29, 1.82) is 0 Å². The number of piperidine rings is 1. The van der Waals surface area contributed by atoms with E-state index in [4.69, 9.17) is 15.7 Å². The minimum Gasteiger partial charge on any atom is -0.493 e. The van der Waals surface area contributed by atoms with Crippen molar-refractivity contribution < 1.29 is 24.9 Å². The van der Waals surface area contributed by atoms with E-state index < -0.39 is 61.6 Å². The Morgan fingerprint density at radius 3 is 2.48 bits per heavy atom. The lowest BCUT2D eigenvalue weighted by Crippen LogP contribution is -2.49. The summed E-state index contributed by atoms with van der Waals surface area (Å²) in [5, 5.41) is 2.73. The zero-order valence-electron chi connectivity index (χ0n) is 26.1. The Morgan fingerprint density at radius 1 is 1.23 bits per heavy atom. The number of ether oxygens (including phenoxy) is 1. The smallest absolute Gasteiger partial charge is 0.318 e. The average molecular weight is 436 g/mol. The number of carbonyl (C=O) groups is 1. The third kappa shape index (κ3) is 7.24. The van der Waals surface area contributed by atoms with Crippen LogP contribution in [0.5, 0.6) is 5.75 Å². The average Bonchev–Trinajstić information content (AvgIpc) is 2.87. The van der Waals surface area contributed by atoms with Gasteiger partial charge in [-0.3, -0.25) is 0 Å². The lowest BCUT2D eigenvalue weighted by molar-refractivity contribution is 0.127. The molecular weight excluding hydrogens is 393 g/mol. The van der Waals surface area contributed by atoms with Crippen molar-refractivity contribution in [2.75, 3.05) is 26.6 Å². The highest BCUT2D eigenvalue weighted by molar-refractivity contribution is 5.74. The van der Waals surface area contributed by atoms with Gasteiger partial charge in [-0.25, -0.2) is 9.18 Å². The first-order valence-electron chi connectivity index (χ1n) is 14.3. The van der Waals surface area contributed by atoms with Crippen molar-refractivity contribution in [1.82, 2.24) is 15.1 Å². The van der Waals surface area contributed by atoms with Crippen molar-refractivity contribution in [2.24, 2.45) is 5.92 Å². The molecule has 1 aliphatic rings. The fraction of sp³-hybridized carbons (Fsp3) is 0.480. The lowest BCUT2D eigenvalue weighted by Gasteiger charge is -2.37. The summed E-state index contributed by atoms with van der Waals surface area (Å²) in [6.45, 7) is -0.0306. The normalized spacial score (nSPS) is 22.1. The molecule has 3 rings (SSSR count). The first-order chi connectivity index (χ1) is 18.0. The number of amides is 2. The second kappa shape index (κ2) is 11.1. The summed E-state index contributed by atoms with van der Waals surface area (Å²) in [6, 6.07) is 2.33. The molecule has 2 aromatic rings. The van der Waals surface area contributed by atoms with Crippen LogP contribution in [0.2, 0.25) is 0 Å². The van der Waals surface area contributed by atoms with Gasteiger partial charge in [0.25, 0.3) is 0 Å². The van der Waals surface area contributed by atoms with Crippen LogP contribution in [0.3, 0.4) is 0 Å². The summed E-state index contributed by atoms with van der Waals surface area (Å²) in [5.74, 6) is -0.271. The largest absolute Gasteiger partial charge is 0.493 e. The molecule has 0 radical (unpaired) electrons. The molecule has 2 aromatic carbocycles. The summed E-state index contributed by atoms with van der Waals surface area (Å²) < 4.78 is 85.1. The highest BCUT2D eigenvalue weighted by atomic mass is 19.1. The third-order valence-electron chi connectivity index (χ3n) is 4.75. The van der Waals surface area contributed by atoms with Crippen LogP contribution in [0.4, 0.5) is 9.18 Å². The van der Waals surface area contributed by atoms with Crippen LogP contribution < -0.4 is 10.1 Å². The molecular formula is C25H34FN3O2. The van der Waals surface area contributed by atoms with Gasteiger partial charge in [0, 0.05) is 24.6 Å². The number of nitrogens with one attached hydrogen (secondary N) is 1. The molecule has 168 valence electrons. The van der Waals surface area contributed by atoms with Crippen LogP contribution in [-0.2, 0) is 13.1 Å². The zero-order valence-corrected chi connectivity index (χ0v) is 18.1. The van der Waals surface area contributed by atoms with Gasteiger partial charge >= 0.3 is 6.03 Å². The Kier molecular flexibility index (Phi) is 5.20. The molecule has 5 nitrogen and oxygen atoms in total. The number of nitrogens with zero attached hydrogens (tertiary/aromatic N) is 2. The van der Waals surface area contributed by atoms with Gasteiger partial charge in [-0.05, 0) is 74.1 Å². The Hall–Kier alpha value is -2.60. The summed E-state index contributed by atoms with van der Waals surface area (Å²) in [5.41, 5.74) is 0.494. The molecule has 0 aliphatic carbocycles. The van der Waals surface area contributed by atoms with E-state index in [1.807, 2.05) is 13.8 Å². The van der Waals surface area contributed by atoms with Gasteiger partial charge in [0.15, 0.2) is 0 Å². The predicted molar refractivity (Wildman–Crippen MR) is 121 cm³/mol. The van der Waals surface area contributed by atoms with Gasteiger partial charge in [0.05, 0.1) is 12.1 Å². The summed E-state index contributed by atoms with van der Waals surface area (Å²) in [7, 11) is 1.32. The summed E-state index contributed by atoms with van der Waals surface area (Å²) >= 11 is 0. The second-order valence-corrected chi connectivity index (χ2v) is 7.87. The predicted octanol–water partition coefficient (Wildman–Crippen LogP) is 4.67. The molecule has 1 aliphatic heterocycles. The molecule has 6 heteroatoms. The monoisotopic (exact) mass is 435 g/mol. The van der Waals surface area contributed by atoms with E-state index in [2.05, 4.69) is 5.32 Å². The molecule has 0 saturated carbocycles. The van der Waals surface area contributed by atoms with E-state index in [-0.39, 0.29) is 24.9 Å². The molecule has 0 aromatic heterocycles. The van der Waals surface area contributed by atoms with Crippen molar-refractivity contribution >= 4 is 6.03 Å². The van der Waals surface area contributed by atoms with Crippen molar-refractivity contribution in [3.05, 3.63) is 65.4 Å². The van der Waals surface area contributed by atoms with Gasteiger partial charge in [-0.15, -0.1) is 0 Å². The number of hydrogen-bond acceptors (Lipinski definition) is 3. The highest BCUT2D eigenvalue weighted by Gasteiger charge is 2.27. The number of carbonyl (C=O) groups excluding carboxylic acids is 1. The van der Waals surface area contributed by atoms with E-state index >= 15 is 0 Å². The number of halogens is 1. The Balaban J connectivity index is 1.89. The number of likely N-dealkylation sites (tertiary alicyclic amines) is 1. The van der Waals surface area contributed by atoms with E-state index in [1.54, 1.807) is 24.3 Å². The fourth-order valence-corrected chi connectivity index (χ4v) is 3.02. The number of rotatable bonds is 8. The molecule has 1 saturated heterocycles. The van der Waals surface area contributed by atoms with E-state index in [0.29, 0.717) is 18.3 Å². The van der Waals surface area contributed by atoms with E-state index in [1.165, 1.54) is 7.05 Å². The Labute approximate surface area is 196 Å². The van der Waals surface area contributed by atoms with Crippen molar-refractivity contribution in [3.63, 3.8) is 0 Å². The first-order valence-corrected chi connectivity index (χ1v) is 10.3. The van der Waals surface area contributed by atoms with Crippen LogP contribution >= 0.6 is 0 Å². The summed E-state index contributed by atoms with van der Waals surface area (Å²) in [6.07, 6.45) is -0.525. The van der Waals surface area contributed by atoms with Gasteiger partial charge < -0.3 is 19.9 Å². The van der Waals surface area contributed by atoms with Crippen LogP contribution in [0.25, 0.3) is 0 Å². The SMILES string of the molecule is [2H]c1c([2H])c(CN(C(=O)NCc2ccc(OCC(C)C)cc2)C2CC([2H])([2H])N(C)C([2H])([2H])C2)c([2H])c([2H])c1F. The molecule has 1 fully saturated rings. The number of benzene rings is 2. The molecule has 1 N–H and O–H groups in total. The standard InChI is InChI=1S/C25H34FN3O2/c1-19(2)18-31-24-10-6-20(7-11-24)16-27-25(30)29(23-12-14-28(3)15-13-23)17-21-4-8-22(26)9-5-21/h4-11,19,23H,12-18H2,1-3H3,(H,27,30)/i4D,5D,8D,9D,14D2,15D2. The third-order valence-corrected chi connectivity index (χ3v) is 4.75. The van der Waals surface area contributed by atoms with Crippen LogP contribution in [-0.4, -0.2) is 48.5 Å². The minimum absolute atomic E-state index is 0.0739. The maximum absolute atomic E-state index is 14.1. The summed E-state index contributed by atoms with van der Waals surface area (Å²) in [4.78, 5) is 15.5. The molecule has 0 spiro atoms. The first kappa shape index (κ1) is 14.5. The second-order valence-electron chi connectivity index (χ2n) is 7.87. The van der Waals surface area contributed by atoms with Gasteiger partial charge in [-0.2, -0.15) is 0 Å². The minimum atomic E-state index is -2.12. The molecule has 31 heavy (non-hydrogen) atoms. The van der Waals surface area contributed by atoms with E-state index in [9.17, 15) is 9.18 Å². The number of hydrogen-bond donors (Lipinski definition) is 1. The lowest BCUT2D eigenvalue weighted by atomic mass is 10.0.